The molecule has 128 valence electrons. The molecule has 0 aliphatic rings. The fourth-order valence-corrected chi connectivity index (χ4v) is 3.95. The van der Waals surface area contributed by atoms with Crippen LogP contribution in [0.4, 0.5) is 0 Å². The van der Waals surface area contributed by atoms with Crippen LogP contribution in [-0.2, 0) is 16.4 Å². The molecule has 0 radical (unpaired) electrons. The van der Waals surface area contributed by atoms with Crippen LogP contribution >= 0.6 is 0 Å². The third-order valence-electron chi connectivity index (χ3n) is 3.93. The van der Waals surface area contributed by atoms with Gasteiger partial charge in [0.05, 0.1) is 4.90 Å². The van der Waals surface area contributed by atoms with Crippen molar-refractivity contribution in [3.05, 3.63) is 77.9 Å². The van der Waals surface area contributed by atoms with Crippen LogP contribution in [0.1, 0.15) is 24.5 Å². The van der Waals surface area contributed by atoms with Gasteiger partial charge in [0.25, 0.3) is 0 Å². The molecular formula is C20H25NO2S. The molecule has 24 heavy (non-hydrogen) atoms. The van der Waals surface area contributed by atoms with Crippen LogP contribution in [0.2, 0.25) is 0 Å². The summed E-state index contributed by atoms with van der Waals surface area (Å²) in [5.74, 6) is 0. The normalized spacial score (nSPS) is 12.1. The van der Waals surface area contributed by atoms with E-state index >= 15 is 0 Å². The molecule has 0 N–H and O–H groups in total. The van der Waals surface area contributed by atoms with E-state index in [0.717, 1.165) is 17.5 Å². The van der Waals surface area contributed by atoms with E-state index in [-0.39, 0.29) is 0 Å². The number of nitrogens with zero attached hydrogens (tertiary/aromatic N) is 1. The lowest BCUT2D eigenvalue weighted by molar-refractivity contribution is 0.419. The molecule has 2 aromatic carbocycles. The van der Waals surface area contributed by atoms with E-state index in [1.807, 2.05) is 68.5 Å². The summed E-state index contributed by atoms with van der Waals surface area (Å²) in [6.07, 6.45) is 5.38. The summed E-state index contributed by atoms with van der Waals surface area (Å²) >= 11 is 0. The monoisotopic (exact) mass is 343 g/mol. The molecule has 0 fully saturated rings. The molecule has 0 amide bonds. The second-order valence-corrected chi connectivity index (χ2v) is 7.75. The maximum atomic E-state index is 13.0. The van der Waals surface area contributed by atoms with Gasteiger partial charge in [-0.25, -0.2) is 8.42 Å². The smallest absolute Gasteiger partial charge is 0.207 e. The topological polar surface area (TPSA) is 37.4 Å². The van der Waals surface area contributed by atoms with Gasteiger partial charge in [0, 0.05) is 13.1 Å². The highest BCUT2D eigenvalue weighted by molar-refractivity contribution is 7.89. The van der Waals surface area contributed by atoms with Gasteiger partial charge < -0.3 is 0 Å². The Labute approximate surface area is 145 Å². The second kappa shape index (κ2) is 8.81. The van der Waals surface area contributed by atoms with E-state index in [4.69, 9.17) is 0 Å². The number of hydrogen-bond donors (Lipinski definition) is 0. The Kier molecular flexibility index (Phi) is 6.76. The molecule has 0 spiro atoms. The van der Waals surface area contributed by atoms with Crippen LogP contribution < -0.4 is 0 Å². The fourth-order valence-electron chi connectivity index (χ4n) is 2.50. The summed E-state index contributed by atoms with van der Waals surface area (Å²) in [7, 11) is -3.47. The summed E-state index contributed by atoms with van der Waals surface area (Å²) in [5, 5.41) is 0. The molecule has 0 saturated heterocycles. The van der Waals surface area contributed by atoms with Crippen molar-refractivity contribution in [2.75, 3.05) is 13.1 Å². The van der Waals surface area contributed by atoms with Gasteiger partial charge in [0.15, 0.2) is 0 Å². The van der Waals surface area contributed by atoms with Crippen LogP contribution in [0.25, 0.3) is 0 Å². The van der Waals surface area contributed by atoms with Gasteiger partial charge in [0.1, 0.15) is 0 Å². The van der Waals surface area contributed by atoms with Gasteiger partial charge >= 0.3 is 0 Å². The summed E-state index contributed by atoms with van der Waals surface area (Å²) < 4.78 is 27.5. The Hall–Kier alpha value is -1.91. The number of allylic oxidation sites excluding steroid dienone is 1. The van der Waals surface area contributed by atoms with Crippen molar-refractivity contribution in [1.29, 1.82) is 0 Å². The van der Waals surface area contributed by atoms with E-state index in [0.29, 0.717) is 24.4 Å². The van der Waals surface area contributed by atoms with Crippen molar-refractivity contribution >= 4 is 10.0 Å². The Bertz CT molecular complexity index is 750. The minimum Gasteiger partial charge on any atom is -0.207 e. The van der Waals surface area contributed by atoms with Crippen molar-refractivity contribution in [3.8, 4) is 0 Å². The van der Waals surface area contributed by atoms with Gasteiger partial charge in [-0.05, 0) is 44.4 Å². The summed E-state index contributed by atoms with van der Waals surface area (Å²) in [6.45, 7) is 4.88. The molecule has 0 heterocycles. The minimum atomic E-state index is -3.47. The molecule has 0 aliphatic heterocycles. The first-order valence-corrected chi connectivity index (χ1v) is 9.70. The molecule has 0 aliphatic carbocycles. The van der Waals surface area contributed by atoms with Gasteiger partial charge in [-0.3, -0.25) is 0 Å². The molecular weight excluding hydrogens is 318 g/mol. The summed E-state index contributed by atoms with van der Waals surface area (Å²) in [5.41, 5.74) is 2.20. The minimum absolute atomic E-state index is 0.363. The van der Waals surface area contributed by atoms with Crippen LogP contribution in [0.5, 0.6) is 0 Å². The quantitative estimate of drug-likeness (QED) is 0.674. The van der Waals surface area contributed by atoms with E-state index in [9.17, 15) is 8.42 Å². The van der Waals surface area contributed by atoms with Crippen LogP contribution in [0, 0.1) is 6.92 Å². The molecule has 0 saturated carbocycles. The second-order valence-electron chi connectivity index (χ2n) is 5.81. The van der Waals surface area contributed by atoms with E-state index < -0.39 is 10.0 Å². The molecule has 4 heteroatoms. The standard InChI is InChI=1S/C20H25NO2S/c1-3-4-8-16-21(17-15-19-9-6-5-7-10-19)24(22,23)20-13-11-18(2)12-14-20/h3-7,9-14H,8,15-17H2,1-2H3/b4-3-. The first-order valence-electron chi connectivity index (χ1n) is 8.26. The predicted octanol–water partition coefficient (Wildman–Crippen LogP) is 4.19. The highest BCUT2D eigenvalue weighted by Gasteiger charge is 2.23. The third-order valence-corrected chi connectivity index (χ3v) is 5.85. The van der Waals surface area contributed by atoms with Crippen molar-refractivity contribution in [1.82, 2.24) is 4.31 Å². The highest BCUT2D eigenvalue weighted by Crippen LogP contribution is 2.17. The summed E-state index contributed by atoms with van der Waals surface area (Å²) in [4.78, 5) is 0.363. The van der Waals surface area contributed by atoms with E-state index in [1.165, 1.54) is 0 Å². The van der Waals surface area contributed by atoms with Gasteiger partial charge in [-0.1, -0.05) is 60.2 Å². The Balaban J connectivity index is 2.18. The van der Waals surface area contributed by atoms with Crippen molar-refractivity contribution < 1.29 is 8.42 Å². The maximum absolute atomic E-state index is 13.0. The molecule has 0 bridgehead atoms. The molecule has 2 aromatic rings. The Morgan fingerprint density at radius 1 is 0.958 bits per heavy atom. The zero-order chi connectivity index (χ0) is 17.4. The zero-order valence-corrected chi connectivity index (χ0v) is 15.2. The van der Waals surface area contributed by atoms with Crippen LogP contribution in [0.15, 0.2) is 71.6 Å². The molecule has 2 rings (SSSR count). The van der Waals surface area contributed by atoms with Gasteiger partial charge in [-0.15, -0.1) is 0 Å². The Morgan fingerprint density at radius 3 is 2.25 bits per heavy atom. The largest absolute Gasteiger partial charge is 0.243 e. The van der Waals surface area contributed by atoms with Crippen molar-refractivity contribution in [2.45, 2.75) is 31.6 Å². The zero-order valence-electron chi connectivity index (χ0n) is 14.4. The van der Waals surface area contributed by atoms with E-state index in [2.05, 4.69) is 0 Å². The van der Waals surface area contributed by atoms with Crippen molar-refractivity contribution in [3.63, 3.8) is 0 Å². The molecule has 3 nitrogen and oxygen atoms in total. The van der Waals surface area contributed by atoms with Gasteiger partial charge in [0.2, 0.25) is 10.0 Å². The molecule has 0 atom stereocenters. The number of benzene rings is 2. The average molecular weight is 343 g/mol. The number of sulfonamides is 1. The lowest BCUT2D eigenvalue weighted by Gasteiger charge is -2.22. The van der Waals surface area contributed by atoms with Crippen LogP contribution in [-0.4, -0.2) is 25.8 Å². The summed E-state index contributed by atoms with van der Waals surface area (Å²) in [6, 6.07) is 17.1. The third kappa shape index (κ3) is 5.05. The predicted molar refractivity (Wildman–Crippen MR) is 99.5 cm³/mol. The molecule has 0 aromatic heterocycles. The maximum Gasteiger partial charge on any atom is 0.243 e. The fraction of sp³-hybridized carbons (Fsp3) is 0.300. The number of hydrogen-bond acceptors (Lipinski definition) is 2. The first-order chi connectivity index (χ1) is 11.5. The van der Waals surface area contributed by atoms with Crippen molar-refractivity contribution in [2.24, 2.45) is 0 Å². The average Bonchev–Trinajstić information content (AvgIpc) is 2.59. The lowest BCUT2D eigenvalue weighted by Crippen LogP contribution is -2.33. The van der Waals surface area contributed by atoms with Crippen LogP contribution in [0.3, 0.4) is 0 Å². The number of aryl methyl sites for hydroxylation is 1. The van der Waals surface area contributed by atoms with E-state index in [1.54, 1.807) is 16.4 Å². The lowest BCUT2D eigenvalue weighted by atomic mass is 10.1. The highest BCUT2D eigenvalue weighted by atomic mass is 32.2. The number of rotatable bonds is 8. The molecule has 0 unspecified atom stereocenters. The SMILES string of the molecule is C/C=C\CCN(CCc1ccccc1)S(=O)(=O)c1ccc(C)cc1. The first kappa shape index (κ1) is 18.4. The Morgan fingerprint density at radius 2 is 1.62 bits per heavy atom. The van der Waals surface area contributed by atoms with Gasteiger partial charge in [-0.2, -0.15) is 4.31 Å².